The minimum Gasteiger partial charge on any atom is -0.381 e. The molecule has 3 heterocycles. The summed E-state index contributed by atoms with van der Waals surface area (Å²) in [4.78, 5) is 28.5. The number of nitrogens with zero attached hydrogens (tertiary/aromatic N) is 2. The number of carbonyl (C=O) groups excluding carboxylic acids is 2. The van der Waals surface area contributed by atoms with E-state index in [2.05, 4.69) is 0 Å². The van der Waals surface area contributed by atoms with Gasteiger partial charge in [0.25, 0.3) is 0 Å². The Bertz CT molecular complexity index is 677. The molecule has 0 aromatic heterocycles. The van der Waals surface area contributed by atoms with Crippen LogP contribution in [0.15, 0.2) is 24.3 Å². The summed E-state index contributed by atoms with van der Waals surface area (Å²) in [6.07, 6.45) is 0.565. The predicted octanol–water partition coefficient (Wildman–Crippen LogP) is 0.800. The van der Waals surface area contributed by atoms with Gasteiger partial charge < -0.3 is 19.3 Å². The molecule has 0 unspecified atom stereocenters. The van der Waals surface area contributed by atoms with Crippen LogP contribution in [0.3, 0.4) is 0 Å². The topological polar surface area (TPSA) is 59.1 Å². The van der Waals surface area contributed by atoms with E-state index >= 15 is 0 Å². The normalized spacial score (nSPS) is 29.2. The molecule has 134 valence electrons. The Hall–Kier alpha value is -1.99. The second kappa shape index (κ2) is 6.72. The number of morpholine rings is 1. The standard InChI is InChI=1S/C18H21FN2O4/c19-14-3-1-2-12(6-14)7-21-15-8-20(9-16(15)25-11-17(21)22)18(23)13-4-5-24-10-13/h1-3,6,13,15-16H,4-5,7-11H2/t13-,15+,16+/m0/s1. The van der Waals surface area contributed by atoms with E-state index in [0.717, 1.165) is 12.0 Å². The maximum Gasteiger partial charge on any atom is 0.249 e. The van der Waals surface area contributed by atoms with Gasteiger partial charge in [-0.05, 0) is 24.1 Å². The highest BCUT2D eigenvalue weighted by atomic mass is 19.1. The number of benzene rings is 1. The molecule has 0 radical (unpaired) electrons. The van der Waals surface area contributed by atoms with Crippen molar-refractivity contribution in [2.24, 2.45) is 5.92 Å². The summed E-state index contributed by atoms with van der Waals surface area (Å²) in [5.74, 6) is -0.454. The summed E-state index contributed by atoms with van der Waals surface area (Å²) in [5, 5.41) is 0. The van der Waals surface area contributed by atoms with Crippen molar-refractivity contribution in [3.63, 3.8) is 0 Å². The molecule has 0 saturated carbocycles. The lowest BCUT2D eigenvalue weighted by molar-refractivity contribution is -0.153. The van der Waals surface area contributed by atoms with Crippen LogP contribution in [0.5, 0.6) is 0 Å². The third-order valence-corrected chi connectivity index (χ3v) is 5.21. The average Bonchev–Trinajstić information content (AvgIpc) is 3.26. The summed E-state index contributed by atoms with van der Waals surface area (Å²) in [5.41, 5.74) is 0.739. The highest BCUT2D eigenvalue weighted by Gasteiger charge is 2.45. The first-order chi connectivity index (χ1) is 12.1. The lowest BCUT2D eigenvalue weighted by atomic mass is 10.1. The van der Waals surface area contributed by atoms with E-state index in [4.69, 9.17) is 9.47 Å². The van der Waals surface area contributed by atoms with Gasteiger partial charge in [-0.1, -0.05) is 12.1 Å². The number of fused-ring (bicyclic) bond motifs is 1. The summed E-state index contributed by atoms with van der Waals surface area (Å²) >= 11 is 0. The van der Waals surface area contributed by atoms with Crippen molar-refractivity contribution in [3.8, 4) is 0 Å². The van der Waals surface area contributed by atoms with Crippen LogP contribution < -0.4 is 0 Å². The van der Waals surface area contributed by atoms with Crippen LogP contribution in [-0.2, 0) is 25.6 Å². The van der Waals surface area contributed by atoms with E-state index in [0.29, 0.717) is 32.8 Å². The lowest BCUT2D eigenvalue weighted by Gasteiger charge is -2.36. The van der Waals surface area contributed by atoms with E-state index < -0.39 is 0 Å². The van der Waals surface area contributed by atoms with Crippen molar-refractivity contribution in [2.75, 3.05) is 32.9 Å². The van der Waals surface area contributed by atoms with Crippen LogP contribution in [-0.4, -0.2) is 66.7 Å². The molecule has 0 bridgehead atoms. The molecule has 3 fully saturated rings. The zero-order valence-electron chi connectivity index (χ0n) is 13.9. The summed E-state index contributed by atoms with van der Waals surface area (Å²) in [7, 11) is 0. The Balaban J connectivity index is 1.48. The first-order valence-electron chi connectivity index (χ1n) is 8.64. The Labute approximate surface area is 145 Å². The molecule has 0 aliphatic carbocycles. The fourth-order valence-corrected chi connectivity index (χ4v) is 3.87. The Kier molecular flexibility index (Phi) is 4.43. The van der Waals surface area contributed by atoms with Crippen molar-refractivity contribution in [1.82, 2.24) is 9.80 Å². The SMILES string of the molecule is O=C([C@H]1CCOC1)N1C[C@@H]2[C@@H](C1)OCC(=O)N2Cc1cccc(F)c1. The first-order valence-corrected chi connectivity index (χ1v) is 8.64. The monoisotopic (exact) mass is 348 g/mol. The van der Waals surface area contributed by atoms with Crippen molar-refractivity contribution >= 4 is 11.8 Å². The molecule has 3 saturated heterocycles. The average molecular weight is 348 g/mol. The highest BCUT2D eigenvalue weighted by Crippen LogP contribution is 2.27. The van der Waals surface area contributed by atoms with E-state index in [1.807, 2.05) is 0 Å². The minimum atomic E-state index is -0.320. The van der Waals surface area contributed by atoms with Gasteiger partial charge in [0.15, 0.2) is 0 Å². The smallest absolute Gasteiger partial charge is 0.249 e. The number of hydrogen-bond donors (Lipinski definition) is 0. The number of halogens is 1. The van der Waals surface area contributed by atoms with Crippen molar-refractivity contribution in [1.29, 1.82) is 0 Å². The molecular formula is C18H21FN2O4. The fraction of sp³-hybridized carbons (Fsp3) is 0.556. The number of hydrogen-bond acceptors (Lipinski definition) is 4. The second-order valence-electron chi connectivity index (χ2n) is 6.87. The summed E-state index contributed by atoms with van der Waals surface area (Å²) in [6.45, 7) is 2.38. The van der Waals surface area contributed by atoms with Gasteiger partial charge in [0.1, 0.15) is 12.4 Å². The maximum atomic E-state index is 13.4. The highest BCUT2D eigenvalue weighted by molar-refractivity contribution is 5.81. The third-order valence-electron chi connectivity index (χ3n) is 5.21. The zero-order chi connectivity index (χ0) is 17.4. The van der Waals surface area contributed by atoms with E-state index in [9.17, 15) is 14.0 Å². The summed E-state index contributed by atoms with van der Waals surface area (Å²) < 4.78 is 24.4. The maximum absolute atomic E-state index is 13.4. The molecule has 0 N–H and O–H groups in total. The number of amides is 2. The zero-order valence-corrected chi connectivity index (χ0v) is 13.9. The molecule has 3 aliphatic rings. The molecule has 3 atom stereocenters. The van der Waals surface area contributed by atoms with Gasteiger partial charge in [-0.3, -0.25) is 9.59 Å². The van der Waals surface area contributed by atoms with Gasteiger partial charge in [-0.2, -0.15) is 0 Å². The molecule has 3 aliphatic heterocycles. The van der Waals surface area contributed by atoms with Gasteiger partial charge >= 0.3 is 0 Å². The molecule has 7 heteroatoms. The van der Waals surface area contributed by atoms with Crippen LogP contribution in [0.25, 0.3) is 0 Å². The Morgan fingerprint density at radius 3 is 2.96 bits per heavy atom. The molecule has 1 aromatic carbocycles. The van der Waals surface area contributed by atoms with Crippen LogP contribution >= 0.6 is 0 Å². The molecule has 4 rings (SSSR count). The van der Waals surface area contributed by atoms with Crippen molar-refractivity contribution in [3.05, 3.63) is 35.6 Å². The predicted molar refractivity (Wildman–Crippen MR) is 86.0 cm³/mol. The van der Waals surface area contributed by atoms with Gasteiger partial charge in [-0.15, -0.1) is 0 Å². The molecule has 25 heavy (non-hydrogen) atoms. The largest absolute Gasteiger partial charge is 0.381 e. The van der Waals surface area contributed by atoms with Crippen LogP contribution in [0.4, 0.5) is 4.39 Å². The summed E-state index contributed by atoms with van der Waals surface area (Å²) in [6, 6.07) is 6.07. The number of rotatable bonds is 3. The van der Waals surface area contributed by atoms with E-state index in [1.165, 1.54) is 12.1 Å². The Morgan fingerprint density at radius 2 is 2.20 bits per heavy atom. The van der Waals surface area contributed by atoms with E-state index in [-0.39, 0.29) is 42.3 Å². The van der Waals surface area contributed by atoms with Crippen molar-refractivity contribution < 1.29 is 23.5 Å². The molecule has 1 aromatic rings. The van der Waals surface area contributed by atoms with Crippen LogP contribution in [0.2, 0.25) is 0 Å². The fourth-order valence-electron chi connectivity index (χ4n) is 3.87. The minimum absolute atomic E-state index is 0.00501. The van der Waals surface area contributed by atoms with Crippen LogP contribution in [0.1, 0.15) is 12.0 Å². The van der Waals surface area contributed by atoms with Gasteiger partial charge in [0, 0.05) is 26.2 Å². The number of ether oxygens (including phenoxy) is 2. The quantitative estimate of drug-likeness (QED) is 0.811. The van der Waals surface area contributed by atoms with Crippen LogP contribution in [0, 0.1) is 11.7 Å². The van der Waals surface area contributed by atoms with Crippen molar-refractivity contribution in [2.45, 2.75) is 25.1 Å². The number of carbonyl (C=O) groups is 2. The van der Waals surface area contributed by atoms with Gasteiger partial charge in [0.05, 0.1) is 24.7 Å². The third kappa shape index (κ3) is 3.26. The van der Waals surface area contributed by atoms with E-state index in [1.54, 1.807) is 21.9 Å². The lowest BCUT2D eigenvalue weighted by Crippen LogP contribution is -2.53. The number of likely N-dealkylation sites (tertiary alicyclic amines) is 1. The second-order valence-corrected chi connectivity index (χ2v) is 6.87. The van der Waals surface area contributed by atoms with Gasteiger partial charge in [-0.25, -0.2) is 4.39 Å². The Morgan fingerprint density at radius 1 is 1.32 bits per heavy atom. The first kappa shape index (κ1) is 16.5. The molecule has 6 nitrogen and oxygen atoms in total. The molecule has 2 amide bonds. The molecule has 0 spiro atoms. The van der Waals surface area contributed by atoms with Gasteiger partial charge in [0.2, 0.25) is 11.8 Å². The molecular weight excluding hydrogens is 327 g/mol.